The summed E-state index contributed by atoms with van der Waals surface area (Å²) in [6.07, 6.45) is -0.635. The van der Waals surface area contributed by atoms with E-state index < -0.39 is 6.10 Å². The quantitative estimate of drug-likeness (QED) is 0.838. The number of hydrogen-bond donors (Lipinski definition) is 2. The number of nitrogens with one attached hydrogen (secondary N) is 1. The van der Waals surface area contributed by atoms with Crippen LogP contribution in [0.4, 0.5) is 5.69 Å². The van der Waals surface area contributed by atoms with Crippen molar-refractivity contribution in [3.05, 3.63) is 58.1 Å². The number of aliphatic hydroxyl groups excluding tert-OH is 1. The predicted octanol–water partition coefficient (Wildman–Crippen LogP) is 4.15. The first-order valence-electron chi connectivity index (χ1n) is 6.61. The van der Waals surface area contributed by atoms with Crippen molar-refractivity contribution in [2.24, 2.45) is 0 Å². The van der Waals surface area contributed by atoms with E-state index in [0.29, 0.717) is 22.3 Å². The van der Waals surface area contributed by atoms with Crippen molar-refractivity contribution >= 4 is 28.9 Å². The smallest absolute Gasteiger partial charge is 0.120 e. The molecule has 0 amide bonds. The highest BCUT2D eigenvalue weighted by Crippen LogP contribution is 2.20. The van der Waals surface area contributed by atoms with Crippen molar-refractivity contribution < 1.29 is 9.84 Å². The van der Waals surface area contributed by atoms with Crippen LogP contribution in [-0.2, 0) is 0 Å². The highest BCUT2D eigenvalue weighted by atomic mass is 35.5. The Morgan fingerprint density at radius 1 is 1.19 bits per heavy atom. The lowest BCUT2D eigenvalue weighted by atomic mass is 10.2. The van der Waals surface area contributed by atoms with Crippen molar-refractivity contribution in [3.8, 4) is 5.75 Å². The Labute approximate surface area is 134 Å². The molecule has 0 bridgehead atoms. The van der Waals surface area contributed by atoms with Crippen LogP contribution in [-0.4, -0.2) is 24.4 Å². The summed E-state index contributed by atoms with van der Waals surface area (Å²) < 4.78 is 5.48. The molecule has 1 atom stereocenters. The van der Waals surface area contributed by atoms with Crippen LogP contribution in [0.1, 0.15) is 5.56 Å². The zero-order valence-corrected chi connectivity index (χ0v) is 13.2. The molecule has 2 aromatic rings. The van der Waals surface area contributed by atoms with Crippen molar-refractivity contribution in [1.82, 2.24) is 0 Å². The molecule has 2 rings (SSSR count). The Bertz CT molecular complexity index is 605. The molecule has 0 aromatic heterocycles. The van der Waals surface area contributed by atoms with Gasteiger partial charge in [-0.2, -0.15) is 0 Å². The minimum Gasteiger partial charge on any atom is -0.491 e. The Hall–Kier alpha value is -1.42. The van der Waals surface area contributed by atoms with E-state index in [4.69, 9.17) is 27.9 Å². The van der Waals surface area contributed by atoms with Gasteiger partial charge in [-0.1, -0.05) is 35.3 Å². The lowest BCUT2D eigenvalue weighted by Gasteiger charge is -2.14. The number of rotatable bonds is 6. The molecule has 0 fully saturated rings. The van der Waals surface area contributed by atoms with E-state index in [1.807, 2.05) is 25.1 Å². The van der Waals surface area contributed by atoms with Gasteiger partial charge in [-0.05, 0) is 42.8 Å². The zero-order valence-electron chi connectivity index (χ0n) is 11.6. The van der Waals surface area contributed by atoms with Crippen LogP contribution < -0.4 is 10.1 Å². The molecule has 0 aliphatic rings. The predicted molar refractivity (Wildman–Crippen MR) is 87.6 cm³/mol. The normalized spacial score (nSPS) is 12.0. The van der Waals surface area contributed by atoms with E-state index in [0.717, 1.165) is 11.3 Å². The lowest BCUT2D eigenvalue weighted by Crippen LogP contribution is -2.26. The molecule has 0 aliphatic heterocycles. The SMILES string of the molecule is Cc1ccc(NCC(O)COc2cccc(Cl)c2)cc1Cl. The molecule has 5 heteroatoms. The Kier molecular flexibility index (Phi) is 5.74. The van der Waals surface area contributed by atoms with Crippen molar-refractivity contribution in [2.45, 2.75) is 13.0 Å². The Morgan fingerprint density at radius 2 is 2.00 bits per heavy atom. The van der Waals surface area contributed by atoms with E-state index in [9.17, 15) is 5.11 Å². The number of hydrogen-bond acceptors (Lipinski definition) is 3. The minimum absolute atomic E-state index is 0.187. The minimum atomic E-state index is -0.635. The van der Waals surface area contributed by atoms with Crippen LogP contribution in [0.2, 0.25) is 10.0 Å². The van der Waals surface area contributed by atoms with Gasteiger partial charge >= 0.3 is 0 Å². The largest absolute Gasteiger partial charge is 0.491 e. The van der Waals surface area contributed by atoms with Gasteiger partial charge in [0.15, 0.2) is 0 Å². The molecule has 0 radical (unpaired) electrons. The first-order valence-corrected chi connectivity index (χ1v) is 7.36. The summed E-state index contributed by atoms with van der Waals surface area (Å²) in [6, 6.07) is 12.8. The topological polar surface area (TPSA) is 41.5 Å². The van der Waals surface area contributed by atoms with Gasteiger partial charge in [-0.3, -0.25) is 0 Å². The molecule has 1 unspecified atom stereocenters. The molecule has 112 valence electrons. The summed E-state index contributed by atoms with van der Waals surface area (Å²) in [6.45, 7) is 2.51. The summed E-state index contributed by atoms with van der Waals surface area (Å²) in [7, 11) is 0. The van der Waals surface area contributed by atoms with Crippen molar-refractivity contribution in [3.63, 3.8) is 0 Å². The summed E-state index contributed by atoms with van der Waals surface area (Å²) >= 11 is 11.9. The molecule has 0 saturated heterocycles. The number of benzene rings is 2. The fourth-order valence-electron chi connectivity index (χ4n) is 1.75. The van der Waals surface area contributed by atoms with E-state index in [1.54, 1.807) is 24.3 Å². The van der Waals surface area contributed by atoms with Gasteiger partial charge in [-0.15, -0.1) is 0 Å². The van der Waals surface area contributed by atoms with E-state index in [1.165, 1.54) is 0 Å². The third-order valence-electron chi connectivity index (χ3n) is 2.95. The first-order chi connectivity index (χ1) is 10.0. The molecule has 0 saturated carbocycles. The van der Waals surface area contributed by atoms with Crippen LogP contribution in [0.15, 0.2) is 42.5 Å². The Balaban J connectivity index is 1.79. The van der Waals surface area contributed by atoms with Crippen LogP contribution in [0, 0.1) is 6.92 Å². The second kappa shape index (κ2) is 7.55. The zero-order chi connectivity index (χ0) is 15.2. The van der Waals surface area contributed by atoms with E-state index >= 15 is 0 Å². The fourth-order valence-corrected chi connectivity index (χ4v) is 2.11. The van der Waals surface area contributed by atoms with Crippen LogP contribution in [0.5, 0.6) is 5.75 Å². The van der Waals surface area contributed by atoms with Gasteiger partial charge in [0.05, 0.1) is 0 Å². The van der Waals surface area contributed by atoms with Gasteiger partial charge in [-0.25, -0.2) is 0 Å². The summed E-state index contributed by atoms with van der Waals surface area (Å²) in [4.78, 5) is 0. The highest BCUT2D eigenvalue weighted by molar-refractivity contribution is 6.31. The number of ether oxygens (including phenoxy) is 1. The van der Waals surface area contributed by atoms with Crippen LogP contribution in [0.25, 0.3) is 0 Å². The maximum Gasteiger partial charge on any atom is 0.120 e. The molecule has 0 heterocycles. The number of anilines is 1. The summed E-state index contributed by atoms with van der Waals surface area (Å²) in [5, 5.41) is 14.3. The fraction of sp³-hybridized carbons (Fsp3) is 0.250. The van der Waals surface area contributed by atoms with E-state index in [-0.39, 0.29) is 6.61 Å². The second-order valence-corrected chi connectivity index (χ2v) is 5.61. The maximum absolute atomic E-state index is 9.91. The molecule has 21 heavy (non-hydrogen) atoms. The van der Waals surface area contributed by atoms with Crippen LogP contribution >= 0.6 is 23.2 Å². The number of halogens is 2. The van der Waals surface area contributed by atoms with Gasteiger partial charge in [0.1, 0.15) is 18.5 Å². The Morgan fingerprint density at radius 3 is 2.71 bits per heavy atom. The standard InChI is InChI=1S/C16H17Cl2NO2/c1-11-5-6-13(8-16(11)18)19-9-14(20)10-21-15-4-2-3-12(17)7-15/h2-8,14,19-20H,9-10H2,1H3. The molecular formula is C16H17Cl2NO2. The van der Waals surface area contributed by atoms with E-state index in [2.05, 4.69) is 5.32 Å². The average molecular weight is 326 g/mol. The molecular weight excluding hydrogens is 309 g/mol. The second-order valence-electron chi connectivity index (χ2n) is 4.77. The molecule has 0 spiro atoms. The monoisotopic (exact) mass is 325 g/mol. The van der Waals surface area contributed by atoms with Gasteiger partial charge in [0, 0.05) is 22.3 Å². The third kappa shape index (κ3) is 5.12. The summed E-state index contributed by atoms with van der Waals surface area (Å²) in [5.41, 5.74) is 1.89. The maximum atomic E-state index is 9.91. The van der Waals surface area contributed by atoms with Gasteiger partial charge in [0.2, 0.25) is 0 Å². The van der Waals surface area contributed by atoms with Gasteiger partial charge < -0.3 is 15.2 Å². The third-order valence-corrected chi connectivity index (χ3v) is 3.59. The first kappa shape index (κ1) is 16.0. The highest BCUT2D eigenvalue weighted by Gasteiger charge is 2.06. The molecule has 2 aromatic carbocycles. The molecule has 2 N–H and O–H groups in total. The van der Waals surface area contributed by atoms with Gasteiger partial charge in [0.25, 0.3) is 0 Å². The number of aliphatic hydroxyl groups is 1. The molecule has 3 nitrogen and oxygen atoms in total. The van der Waals surface area contributed by atoms with Crippen molar-refractivity contribution in [1.29, 1.82) is 0 Å². The lowest BCUT2D eigenvalue weighted by molar-refractivity contribution is 0.117. The average Bonchev–Trinajstić information content (AvgIpc) is 2.46. The number of aryl methyl sites for hydroxylation is 1. The van der Waals surface area contributed by atoms with Crippen LogP contribution in [0.3, 0.4) is 0 Å². The van der Waals surface area contributed by atoms with Crippen molar-refractivity contribution in [2.75, 3.05) is 18.5 Å². The molecule has 0 aliphatic carbocycles. The summed E-state index contributed by atoms with van der Waals surface area (Å²) in [5.74, 6) is 0.639.